The van der Waals surface area contributed by atoms with Gasteiger partial charge in [0.05, 0.1) is 9.68 Å². The Balaban J connectivity index is 3.54. The van der Waals surface area contributed by atoms with Crippen molar-refractivity contribution in [1.82, 2.24) is 4.98 Å². The lowest BCUT2D eigenvalue weighted by molar-refractivity contribution is 1.26. The lowest BCUT2D eigenvalue weighted by Gasteiger charge is -1.85. The van der Waals surface area contributed by atoms with Crippen LogP contribution in [0.5, 0.6) is 0 Å². The molecule has 0 amide bonds. The molecular weight excluding hydrogens is 180 g/mol. The molecule has 0 aliphatic heterocycles. The number of rotatable bonds is 0. The molecular formula is C6H3BrN2. The van der Waals surface area contributed by atoms with E-state index in [1.165, 1.54) is 0 Å². The van der Waals surface area contributed by atoms with E-state index in [1.54, 1.807) is 6.07 Å². The lowest BCUT2D eigenvalue weighted by atomic mass is 10.3. The standard InChI is InChI=1S/C6H3BrN2/c7-6-2-1-5(3-8)4-9-6/h1-2,4H/i1D,2D,4D. The van der Waals surface area contributed by atoms with E-state index in [2.05, 4.69) is 20.9 Å². The van der Waals surface area contributed by atoms with Crippen molar-refractivity contribution in [2.45, 2.75) is 0 Å². The summed E-state index contributed by atoms with van der Waals surface area (Å²) >= 11 is 2.91. The van der Waals surface area contributed by atoms with Crippen molar-refractivity contribution in [3.05, 3.63) is 28.4 Å². The summed E-state index contributed by atoms with van der Waals surface area (Å²) in [6.07, 6.45) is -0.273. The van der Waals surface area contributed by atoms with Crippen LogP contribution in [0, 0.1) is 11.3 Å². The van der Waals surface area contributed by atoms with Gasteiger partial charge in [0.25, 0.3) is 0 Å². The normalized spacial score (nSPS) is 13.1. The monoisotopic (exact) mass is 185 g/mol. The molecule has 0 radical (unpaired) electrons. The van der Waals surface area contributed by atoms with Crippen LogP contribution in [0.4, 0.5) is 0 Å². The van der Waals surface area contributed by atoms with Gasteiger partial charge in [-0.25, -0.2) is 4.98 Å². The van der Waals surface area contributed by atoms with Crippen LogP contribution in [0.2, 0.25) is 0 Å². The summed E-state index contributed by atoms with van der Waals surface area (Å²) in [5.41, 5.74) is -0.164. The van der Waals surface area contributed by atoms with E-state index in [-0.39, 0.29) is 28.4 Å². The maximum atomic E-state index is 8.49. The fourth-order valence-electron chi connectivity index (χ4n) is 0.328. The average Bonchev–Trinajstić information content (AvgIpc) is 2.01. The largest absolute Gasteiger partial charge is 0.248 e. The zero-order valence-electron chi connectivity index (χ0n) is 7.27. The van der Waals surface area contributed by atoms with Gasteiger partial charge in [0.15, 0.2) is 0 Å². The van der Waals surface area contributed by atoms with Gasteiger partial charge < -0.3 is 0 Å². The maximum absolute atomic E-state index is 8.49. The molecule has 0 spiro atoms. The number of pyridine rings is 1. The molecule has 1 rings (SSSR count). The van der Waals surface area contributed by atoms with Crippen LogP contribution in [-0.4, -0.2) is 4.98 Å². The van der Waals surface area contributed by atoms with Crippen LogP contribution in [0.1, 0.15) is 9.68 Å². The molecule has 1 heterocycles. The van der Waals surface area contributed by atoms with Gasteiger partial charge in [-0.2, -0.15) is 5.26 Å². The number of hydrogen-bond donors (Lipinski definition) is 0. The van der Waals surface area contributed by atoms with Crippen molar-refractivity contribution in [3.63, 3.8) is 0 Å². The highest BCUT2D eigenvalue weighted by molar-refractivity contribution is 9.10. The topological polar surface area (TPSA) is 36.7 Å². The highest BCUT2D eigenvalue weighted by Gasteiger charge is 1.87. The summed E-state index contributed by atoms with van der Waals surface area (Å²) in [4.78, 5) is 3.56. The molecule has 3 heteroatoms. The summed E-state index contributed by atoms with van der Waals surface area (Å²) in [5, 5.41) is 8.49. The molecule has 0 aromatic carbocycles. The molecule has 1 aromatic heterocycles. The molecule has 9 heavy (non-hydrogen) atoms. The summed E-state index contributed by atoms with van der Waals surface area (Å²) < 4.78 is 21.8. The summed E-state index contributed by atoms with van der Waals surface area (Å²) in [5.74, 6) is 0. The van der Waals surface area contributed by atoms with Gasteiger partial charge in [-0.15, -0.1) is 0 Å². The molecule has 44 valence electrons. The van der Waals surface area contributed by atoms with Gasteiger partial charge in [0.2, 0.25) is 0 Å². The predicted octanol–water partition coefficient (Wildman–Crippen LogP) is 1.72. The Hall–Kier alpha value is -0.880. The summed E-state index contributed by atoms with van der Waals surface area (Å²) in [6, 6.07) is 1.23. The number of hydrogen-bond acceptors (Lipinski definition) is 2. The molecule has 0 atom stereocenters. The molecule has 0 saturated carbocycles. The van der Waals surface area contributed by atoms with Gasteiger partial charge in [0.1, 0.15) is 10.7 Å². The number of aromatic nitrogens is 1. The second-order valence-electron chi connectivity index (χ2n) is 1.25. The zero-order valence-corrected chi connectivity index (χ0v) is 5.86. The first-order valence-corrected chi connectivity index (χ1v) is 2.90. The van der Waals surface area contributed by atoms with E-state index in [1.807, 2.05) is 0 Å². The Kier molecular flexibility index (Phi) is 0.963. The summed E-state index contributed by atoms with van der Waals surface area (Å²) in [7, 11) is 0. The van der Waals surface area contributed by atoms with E-state index < -0.39 is 0 Å². The number of halogens is 1. The van der Waals surface area contributed by atoms with Crippen molar-refractivity contribution in [2.75, 3.05) is 0 Å². The number of nitrogens with zero attached hydrogens (tertiary/aromatic N) is 2. The molecule has 0 aliphatic carbocycles. The quantitative estimate of drug-likeness (QED) is 0.578. The SMILES string of the molecule is [2H]c1nc(Br)c([2H])c([2H])c1C#N. The first kappa shape index (κ1) is 3.33. The van der Waals surface area contributed by atoms with Gasteiger partial charge in [-0.1, -0.05) is 0 Å². The Morgan fingerprint density at radius 3 is 3.22 bits per heavy atom. The van der Waals surface area contributed by atoms with Crippen molar-refractivity contribution in [2.24, 2.45) is 0 Å². The van der Waals surface area contributed by atoms with E-state index in [0.29, 0.717) is 0 Å². The van der Waals surface area contributed by atoms with Crippen molar-refractivity contribution >= 4 is 15.9 Å². The minimum atomic E-state index is -0.273. The fourth-order valence-corrected chi connectivity index (χ4v) is 0.516. The van der Waals surface area contributed by atoms with Crippen LogP contribution < -0.4 is 0 Å². The lowest BCUT2D eigenvalue weighted by Crippen LogP contribution is -1.76. The van der Waals surface area contributed by atoms with Crippen molar-refractivity contribution in [3.8, 4) is 6.07 Å². The zero-order chi connectivity index (χ0) is 9.30. The highest BCUT2D eigenvalue weighted by Crippen LogP contribution is 2.04. The van der Waals surface area contributed by atoms with Gasteiger partial charge >= 0.3 is 0 Å². The van der Waals surface area contributed by atoms with Gasteiger partial charge in [0, 0.05) is 6.17 Å². The predicted molar refractivity (Wildman–Crippen MR) is 36.7 cm³/mol. The van der Waals surface area contributed by atoms with Crippen molar-refractivity contribution in [1.29, 1.82) is 5.26 Å². The highest BCUT2D eigenvalue weighted by atomic mass is 79.9. The smallest absolute Gasteiger partial charge is 0.106 e. The first-order chi connectivity index (χ1) is 5.57. The van der Waals surface area contributed by atoms with Gasteiger partial charge in [-0.05, 0) is 28.0 Å². The van der Waals surface area contributed by atoms with E-state index in [0.717, 1.165) is 0 Å². The van der Waals surface area contributed by atoms with Crippen LogP contribution in [0.15, 0.2) is 22.9 Å². The maximum Gasteiger partial charge on any atom is 0.106 e. The van der Waals surface area contributed by atoms with Crippen LogP contribution in [-0.2, 0) is 0 Å². The second-order valence-corrected chi connectivity index (χ2v) is 2.00. The molecule has 0 N–H and O–H groups in total. The minimum Gasteiger partial charge on any atom is -0.248 e. The van der Waals surface area contributed by atoms with Crippen LogP contribution in [0.25, 0.3) is 0 Å². The molecule has 0 fully saturated rings. The van der Waals surface area contributed by atoms with E-state index in [4.69, 9.17) is 9.37 Å². The van der Waals surface area contributed by atoms with Crippen LogP contribution in [0.3, 0.4) is 0 Å². The molecule has 2 nitrogen and oxygen atoms in total. The Morgan fingerprint density at radius 1 is 1.78 bits per heavy atom. The Bertz CT molecular complexity index is 372. The third-order valence-corrected chi connectivity index (χ3v) is 1.04. The fraction of sp³-hybridized carbons (Fsp3) is 0. The van der Waals surface area contributed by atoms with E-state index in [9.17, 15) is 0 Å². The van der Waals surface area contributed by atoms with Gasteiger partial charge in [-0.3, -0.25) is 0 Å². The van der Waals surface area contributed by atoms with E-state index >= 15 is 0 Å². The molecule has 1 aromatic rings. The summed E-state index contributed by atoms with van der Waals surface area (Å²) in [6.45, 7) is 0. The third-order valence-electron chi connectivity index (χ3n) is 0.668. The first-order valence-electron chi connectivity index (χ1n) is 3.61. The number of nitriles is 1. The minimum absolute atomic E-state index is 0.122. The van der Waals surface area contributed by atoms with Crippen molar-refractivity contribution < 1.29 is 4.11 Å². The molecule has 0 unspecified atom stereocenters. The third kappa shape index (κ3) is 1.51. The van der Waals surface area contributed by atoms with Crippen LogP contribution >= 0.6 is 15.9 Å². The molecule has 0 saturated heterocycles. The molecule has 0 bridgehead atoms. The Morgan fingerprint density at radius 2 is 2.56 bits per heavy atom. The molecule has 0 aliphatic rings. The second kappa shape index (κ2) is 2.60. The Labute approximate surface area is 65.5 Å². The average molecular weight is 186 g/mol.